The lowest BCUT2D eigenvalue weighted by atomic mass is 10.0. The first-order chi connectivity index (χ1) is 8.11. The molecule has 5 nitrogen and oxygen atoms in total. The van der Waals surface area contributed by atoms with Gasteiger partial charge in [-0.2, -0.15) is 0 Å². The van der Waals surface area contributed by atoms with Gasteiger partial charge in [-0.25, -0.2) is 4.79 Å². The van der Waals surface area contributed by atoms with E-state index in [1.807, 2.05) is 13.8 Å². The summed E-state index contributed by atoms with van der Waals surface area (Å²) in [7, 11) is 0. The van der Waals surface area contributed by atoms with Crippen LogP contribution in [0.2, 0.25) is 0 Å². The van der Waals surface area contributed by atoms with Crippen molar-refractivity contribution in [1.29, 1.82) is 0 Å². The third-order valence-electron chi connectivity index (χ3n) is 2.36. The zero-order valence-corrected chi connectivity index (χ0v) is 9.54. The number of carboxylic acids is 1. The van der Waals surface area contributed by atoms with E-state index in [0.717, 1.165) is 0 Å². The molecule has 0 saturated heterocycles. The molecule has 5 heteroatoms. The first-order valence-corrected chi connectivity index (χ1v) is 5.25. The second kappa shape index (κ2) is 4.37. The molecule has 0 radical (unpaired) electrons. The average Bonchev–Trinajstić information content (AvgIpc) is 2.74. The van der Waals surface area contributed by atoms with Crippen molar-refractivity contribution in [3.05, 3.63) is 35.7 Å². The minimum Gasteiger partial charge on any atom is -0.477 e. The van der Waals surface area contributed by atoms with E-state index in [0.29, 0.717) is 11.5 Å². The second-order valence-corrected chi connectivity index (χ2v) is 3.95. The largest absolute Gasteiger partial charge is 0.477 e. The third-order valence-corrected chi connectivity index (χ3v) is 2.36. The average molecular weight is 232 g/mol. The molecule has 0 aliphatic carbocycles. The molecule has 2 aromatic heterocycles. The van der Waals surface area contributed by atoms with E-state index >= 15 is 0 Å². The minimum absolute atomic E-state index is 0.0361. The Balaban J connectivity index is 2.60. The van der Waals surface area contributed by atoms with Crippen LogP contribution in [0.1, 0.15) is 35.9 Å². The molecule has 2 rings (SSSR count). The van der Waals surface area contributed by atoms with Gasteiger partial charge < -0.3 is 9.63 Å². The highest BCUT2D eigenvalue weighted by atomic mass is 16.5. The van der Waals surface area contributed by atoms with E-state index < -0.39 is 5.97 Å². The maximum absolute atomic E-state index is 11.3. The Kier molecular flexibility index (Phi) is 2.91. The smallest absolute Gasteiger partial charge is 0.341 e. The van der Waals surface area contributed by atoms with E-state index in [9.17, 15) is 9.90 Å². The van der Waals surface area contributed by atoms with Crippen molar-refractivity contribution in [3.8, 4) is 11.4 Å². The van der Waals surface area contributed by atoms with Gasteiger partial charge in [0.1, 0.15) is 11.3 Å². The van der Waals surface area contributed by atoms with Crippen LogP contribution in [-0.2, 0) is 0 Å². The number of rotatable bonds is 3. The SMILES string of the molecule is CC(C)c1onc(-c2ccccn2)c1C(=O)O. The number of aromatic nitrogens is 2. The fourth-order valence-electron chi connectivity index (χ4n) is 1.58. The van der Waals surface area contributed by atoms with Crippen LogP contribution in [0.25, 0.3) is 11.4 Å². The van der Waals surface area contributed by atoms with Crippen LogP contribution in [0.3, 0.4) is 0 Å². The summed E-state index contributed by atoms with van der Waals surface area (Å²) < 4.78 is 5.10. The Labute approximate surface area is 98.1 Å². The lowest BCUT2D eigenvalue weighted by molar-refractivity contribution is 0.0694. The number of carbonyl (C=O) groups is 1. The Bertz CT molecular complexity index is 532. The minimum atomic E-state index is -1.05. The molecular formula is C12H12N2O3. The Morgan fingerprint density at radius 1 is 1.41 bits per heavy atom. The van der Waals surface area contributed by atoms with Gasteiger partial charge in [0.2, 0.25) is 0 Å². The summed E-state index contributed by atoms with van der Waals surface area (Å²) in [6.07, 6.45) is 1.59. The standard InChI is InChI=1S/C12H12N2O3/c1-7(2)11-9(12(15)16)10(14-17-11)8-5-3-4-6-13-8/h3-7H,1-2H3,(H,15,16). The molecule has 0 atom stereocenters. The van der Waals surface area contributed by atoms with Crippen LogP contribution < -0.4 is 0 Å². The molecule has 1 N–H and O–H groups in total. The van der Waals surface area contributed by atoms with E-state index in [1.54, 1.807) is 24.4 Å². The van der Waals surface area contributed by atoms with Crippen LogP contribution in [0.5, 0.6) is 0 Å². The molecule has 0 amide bonds. The number of nitrogens with zero attached hydrogens (tertiary/aromatic N) is 2. The van der Waals surface area contributed by atoms with E-state index in [4.69, 9.17) is 4.52 Å². The molecular weight excluding hydrogens is 220 g/mol. The number of pyridine rings is 1. The third kappa shape index (κ3) is 2.04. The van der Waals surface area contributed by atoms with Crippen molar-refractivity contribution in [2.45, 2.75) is 19.8 Å². The van der Waals surface area contributed by atoms with Crippen LogP contribution in [0.4, 0.5) is 0 Å². The van der Waals surface area contributed by atoms with Crippen LogP contribution in [-0.4, -0.2) is 21.2 Å². The zero-order valence-electron chi connectivity index (χ0n) is 9.54. The number of hydrogen-bond donors (Lipinski definition) is 1. The predicted octanol–water partition coefficient (Wildman–Crippen LogP) is 2.56. The van der Waals surface area contributed by atoms with Gasteiger partial charge in [0.15, 0.2) is 5.76 Å². The van der Waals surface area contributed by atoms with Crippen LogP contribution in [0, 0.1) is 0 Å². The summed E-state index contributed by atoms with van der Waals surface area (Å²) in [6.45, 7) is 3.71. The van der Waals surface area contributed by atoms with Crippen LogP contribution in [0.15, 0.2) is 28.9 Å². The Morgan fingerprint density at radius 2 is 2.18 bits per heavy atom. The van der Waals surface area contributed by atoms with Crippen LogP contribution >= 0.6 is 0 Å². The quantitative estimate of drug-likeness (QED) is 0.880. The maximum Gasteiger partial charge on any atom is 0.341 e. The van der Waals surface area contributed by atoms with Gasteiger partial charge in [0.05, 0.1) is 5.69 Å². The van der Waals surface area contributed by atoms with E-state index in [1.165, 1.54) is 0 Å². The highest BCUT2D eigenvalue weighted by Crippen LogP contribution is 2.28. The molecule has 0 fully saturated rings. The summed E-state index contributed by atoms with van der Waals surface area (Å²) >= 11 is 0. The summed E-state index contributed by atoms with van der Waals surface area (Å²) in [5.74, 6) is -0.709. The van der Waals surface area contributed by atoms with Gasteiger partial charge >= 0.3 is 5.97 Å². The van der Waals surface area contributed by atoms with Crippen molar-refractivity contribution in [2.75, 3.05) is 0 Å². The second-order valence-electron chi connectivity index (χ2n) is 3.95. The molecule has 0 saturated carbocycles. The molecule has 88 valence electrons. The maximum atomic E-state index is 11.3. The van der Waals surface area contributed by atoms with E-state index in [2.05, 4.69) is 10.1 Å². The van der Waals surface area contributed by atoms with Crippen molar-refractivity contribution in [2.24, 2.45) is 0 Å². The summed E-state index contributed by atoms with van der Waals surface area (Å²) in [5, 5.41) is 13.0. The van der Waals surface area contributed by atoms with Crippen molar-refractivity contribution in [3.63, 3.8) is 0 Å². The molecule has 0 aliphatic rings. The first kappa shape index (κ1) is 11.3. The molecule has 2 aromatic rings. The van der Waals surface area contributed by atoms with Crippen molar-refractivity contribution < 1.29 is 14.4 Å². The molecule has 0 aliphatic heterocycles. The first-order valence-electron chi connectivity index (χ1n) is 5.25. The van der Waals surface area contributed by atoms with Gasteiger partial charge in [-0.05, 0) is 12.1 Å². The Hall–Kier alpha value is -2.17. The number of carboxylic acid groups (broad SMARTS) is 1. The fraction of sp³-hybridized carbons (Fsp3) is 0.250. The topological polar surface area (TPSA) is 76.2 Å². The van der Waals surface area contributed by atoms with Gasteiger partial charge in [-0.3, -0.25) is 4.98 Å². The lowest BCUT2D eigenvalue weighted by Gasteiger charge is -2.01. The molecule has 2 heterocycles. The highest BCUT2D eigenvalue weighted by molar-refractivity contribution is 5.95. The van der Waals surface area contributed by atoms with Gasteiger partial charge in [-0.15, -0.1) is 0 Å². The zero-order chi connectivity index (χ0) is 12.4. The summed E-state index contributed by atoms with van der Waals surface area (Å²) in [4.78, 5) is 15.3. The monoisotopic (exact) mass is 232 g/mol. The Morgan fingerprint density at radius 3 is 2.71 bits per heavy atom. The predicted molar refractivity (Wildman–Crippen MR) is 60.8 cm³/mol. The van der Waals surface area contributed by atoms with Crippen molar-refractivity contribution in [1.82, 2.24) is 10.1 Å². The number of aromatic carboxylic acids is 1. The molecule has 0 bridgehead atoms. The van der Waals surface area contributed by atoms with Gasteiger partial charge in [0.25, 0.3) is 0 Å². The molecule has 0 unspecified atom stereocenters. The lowest BCUT2D eigenvalue weighted by Crippen LogP contribution is -2.03. The highest BCUT2D eigenvalue weighted by Gasteiger charge is 2.25. The number of hydrogen-bond acceptors (Lipinski definition) is 4. The summed E-state index contributed by atoms with van der Waals surface area (Å²) in [6, 6.07) is 5.24. The molecule has 0 spiro atoms. The van der Waals surface area contributed by atoms with Gasteiger partial charge in [-0.1, -0.05) is 25.1 Å². The molecule has 17 heavy (non-hydrogen) atoms. The van der Waals surface area contributed by atoms with E-state index in [-0.39, 0.29) is 17.2 Å². The normalized spacial score (nSPS) is 10.8. The van der Waals surface area contributed by atoms with Crippen molar-refractivity contribution >= 4 is 5.97 Å². The summed E-state index contributed by atoms with van der Waals surface area (Å²) in [5.41, 5.74) is 0.876. The molecule has 0 aromatic carbocycles. The fourth-order valence-corrected chi connectivity index (χ4v) is 1.58. The van der Waals surface area contributed by atoms with Gasteiger partial charge in [0, 0.05) is 12.1 Å².